The Morgan fingerprint density at radius 1 is 1.06 bits per heavy atom. The van der Waals surface area contributed by atoms with Crippen LogP contribution in [0.5, 0.6) is 0 Å². The van der Waals surface area contributed by atoms with Gasteiger partial charge < -0.3 is 10.6 Å². The summed E-state index contributed by atoms with van der Waals surface area (Å²) < 4.78 is 4.35. The van der Waals surface area contributed by atoms with Crippen molar-refractivity contribution in [1.82, 2.24) is 29.3 Å². The Balaban J connectivity index is 1.81. The molecule has 2 amide bonds. The molecule has 0 aliphatic carbocycles. The molecule has 0 aliphatic heterocycles. The predicted molar refractivity (Wildman–Crippen MR) is 111 cm³/mol. The normalized spacial score (nSPS) is 10.9. The Morgan fingerprint density at radius 3 is 2.29 bits per heavy atom. The van der Waals surface area contributed by atoms with E-state index in [-0.39, 0.29) is 35.0 Å². The number of amides is 2. The number of nitrogens with one attached hydrogen (secondary N) is 2. The molecule has 0 bridgehead atoms. The maximum atomic E-state index is 12.9. The molecule has 0 saturated carbocycles. The predicted octanol–water partition coefficient (Wildman–Crippen LogP) is 1.56. The van der Waals surface area contributed by atoms with Crippen LogP contribution in [0.2, 0.25) is 0 Å². The molecule has 13 nitrogen and oxygen atoms in total. The lowest BCUT2D eigenvalue weighted by molar-refractivity contribution is -0.386. The van der Waals surface area contributed by atoms with Gasteiger partial charge in [-0.1, -0.05) is 0 Å². The van der Waals surface area contributed by atoms with Gasteiger partial charge in [0.15, 0.2) is 0 Å². The van der Waals surface area contributed by atoms with Crippen molar-refractivity contribution in [3.05, 3.63) is 45.3 Å². The van der Waals surface area contributed by atoms with Crippen LogP contribution in [0.25, 0.3) is 0 Å². The number of hydrogen-bond donors (Lipinski definition) is 2. The van der Waals surface area contributed by atoms with Crippen molar-refractivity contribution in [3.63, 3.8) is 0 Å². The Hall–Kier alpha value is -4.03. The fourth-order valence-electron chi connectivity index (χ4n) is 3.19. The number of rotatable bonds is 7. The summed E-state index contributed by atoms with van der Waals surface area (Å²) in [4.78, 5) is 36.1. The zero-order valence-electron chi connectivity index (χ0n) is 17.8. The Labute approximate surface area is 177 Å². The van der Waals surface area contributed by atoms with Crippen LogP contribution in [0, 0.1) is 30.9 Å². The standard InChI is InChI=1S/C18H23N9O4/c1-6-25-17(18(29)22-13-7-19-24(5)11(13)3)14(8-20-25)21-15(28)9-26-12(4)16(27(30)31)10(2)23-26/h7-8H,6,9H2,1-5H3,(H,21,28)(H,22,29). The Morgan fingerprint density at radius 2 is 1.74 bits per heavy atom. The minimum absolute atomic E-state index is 0.126. The third-order valence-corrected chi connectivity index (χ3v) is 4.93. The van der Waals surface area contributed by atoms with Crippen molar-refractivity contribution < 1.29 is 14.5 Å². The molecule has 0 saturated heterocycles. The maximum absolute atomic E-state index is 12.9. The smallest absolute Gasteiger partial charge is 0.312 e. The highest BCUT2D eigenvalue weighted by molar-refractivity contribution is 6.09. The van der Waals surface area contributed by atoms with Gasteiger partial charge in [-0.2, -0.15) is 15.3 Å². The first-order chi connectivity index (χ1) is 14.6. The van der Waals surface area contributed by atoms with Crippen LogP contribution in [-0.4, -0.2) is 46.1 Å². The minimum Gasteiger partial charge on any atom is -0.321 e. The molecule has 3 rings (SSSR count). The summed E-state index contributed by atoms with van der Waals surface area (Å²) in [6, 6.07) is 0. The molecule has 2 N–H and O–H groups in total. The van der Waals surface area contributed by atoms with E-state index in [0.29, 0.717) is 12.2 Å². The fraction of sp³-hybridized carbons (Fsp3) is 0.389. The average molecular weight is 429 g/mol. The highest BCUT2D eigenvalue weighted by Crippen LogP contribution is 2.22. The average Bonchev–Trinajstić information content (AvgIpc) is 3.33. The topological polar surface area (TPSA) is 155 Å². The molecular weight excluding hydrogens is 406 g/mol. The van der Waals surface area contributed by atoms with Crippen LogP contribution in [0.3, 0.4) is 0 Å². The van der Waals surface area contributed by atoms with Gasteiger partial charge in [-0.3, -0.25) is 33.7 Å². The first-order valence-electron chi connectivity index (χ1n) is 9.48. The molecule has 0 radical (unpaired) electrons. The molecule has 0 spiro atoms. The van der Waals surface area contributed by atoms with Crippen molar-refractivity contribution in [1.29, 1.82) is 0 Å². The first-order valence-corrected chi connectivity index (χ1v) is 9.48. The van der Waals surface area contributed by atoms with E-state index < -0.39 is 16.7 Å². The summed E-state index contributed by atoms with van der Waals surface area (Å²) >= 11 is 0. The zero-order valence-corrected chi connectivity index (χ0v) is 17.8. The number of aryl methyl sites for hydroxylation is 3. The van der Waals surface area contributed by atoms with E-state index in [9.17, 15) is 19.7 Å². The van der Waals surface area contributed by atoms with Gasteiger partial charge in [0.25, 0.3) is 5.91 Å². The zero-order chi connectivity index (χ0) is 22.9. The molecular formula is C18H23N9O4. The van der Waals surface area contributed by atoms with Crippen LogP contribution < -0.4 is 10.6 Å². The molecule has 0 aromatic carbocycles. The summed E-state index contributed by atoms with van der Waals surface area (Å²) in [7, 11) is 1.76. The van der Waals surface area contributed by atoms with Crippen LogP contribution in [0.15, 0.2) is 12.4 Å². The second-order valence-corrected chi connectivity index (χ2v) is 6.93. The van der Waals surface area contributed by atoms with E-state index in [1.54, 1.807) is 11.7 Å². The van der Waals surface area contributed by atoms with Crippen LogP contribution >= 0.6 is 0 Å². The van der Waals surface area contributed by atoms with Gasteiger partial charge in [0.1, 0.15) is 23.6 Å². The van der Waals surface area contributed by atoms with Gasteiger partial charge >= 0.3 is 5.69 Å². The molecule has 3 aromatic heterocycles. The molecule has 3 aromatic rings. The highest BCUT2D eigenvalue weighted by atomic mass is 16.6. The third kappa shape index (κ3) is 4.15. The van der Waals surface area contributed by atoms with Gasteiger partial charge in [0.05, 0.1) is 34.4 Å². The van der Waals surface area contributed by atoms with Gasteiger partial charge in [-0.25, -0.2) is 0 Å². The number of aromatic nitrogens is 6. The van der Waals surface area contributed by atoms with Gasteiger partial charge in [0.2, 0.25) is 5.91 Å². The number of nitrogens with zero attached hydrogens (tertiary/aromatic N) is 7. The molecule has 31 heavy (non-hydrogen) atoms. The van der Waals surface area contributed by atoms with Crippen molar-refractivity contribution in [2.75, 3.05) is 10.6 Å². The largest absolute Gasteiger partial charge is 0.321 e. The van der Waals surface area contributed by atoms with Crippen LogP contribution in [-0.2, 0) is 24.9 Å². The number of anilines is 2. The minimum atomic E-state index is -0.528. The second kappa shape index (κ2) is 8.38. The Bertz CT molecular complexity index is 1170. The molecule has 0 unspecified atom stereocenters. The SMILES string of the molecule is CCn1ncc(NC(=O)Cn2nc(C)c([N+](=O)[O-])c2C)c1C(=O)Nc1cnn(C)c1C. The van der Waals surface area contributed by atoms with Crippen LogP contribution in [0.4, 0.5) is 17.1 Å². The summed E-state index contributed by atoms with van der Waals surface area (Å²) in [5.41, 5.74) is 2.09. The van der Waals surface area contributed by atoms with E-state index in [4.69, 9.17) is 0 Å². The summed E-state index contributed by atoms with van der Waals surface area (Å²) in [5.74, 6) is -0.949. The molecule has 0 aliphatic rings. The van der Waals surface area contributed by atoms with Crippen molar-refractivity contribution >= 4 is 28.9 Å². The number of carbonyl (C=O) groups is 2. The number of hydrogen-bond acceptors (Lipinski definition) is 7. The van der Waals surface area contributed by atoms with Gasteiger partial charge in [-0.05, 0) is 27.7 Å². The van der Waals surface area contributed by atoms with E-state index in [0.717, 1.165) is 5.69 Å². The molecule has 0 fully saturated rings. The van der Waals surface area contributed by atoms with Gasteiger partial charge in [0, 0.05) is 13.6 Å². The first kappa shape index (κ1) is 21.7. The fourth-order valence-corrected chi connectivity index (χ4v) is 3.19. The molecule has 0 atom stereocenters. The molecule has 13 heteroatoms. The van der Waals surface area contributed by atoms with E-state index in [1.807, 2.05) is 13.8 Å². The van der Waals surface area contributed by atoms with E-state index in [1.165, 1.54) is 35.6 Å². The third-order valence-electron chi connectivity index (χ3n) is 4.93. The number of nitro groups is 1. The number of carbonyl (C=O) groups excluding carboxylic acids is 2. The maximum Gasteiger partial charge on any atom is 0.312 e. The van der Waals surface area contributed by atoms with Crippen LogP contribution in [0.1, 0.15) is 34.5 Å². The van der Waals surface area contributed by atoms with Crippen molar-refractivity contribution in [2.24, 2.45) is 7.05 Å². The summed E-state index contributed by atoms with van der Waals surface area (Å²) in [5, 5.41) is 28.9. The van der Waals surface area contributed by atoms with Gasteiger partial charge in [-0.15, -0.1) is 0 Å². The van der Waals surface area contributed by atoms with E-state index >= 15 is 0 Å². The second-order valence-electron chi connectivity index (χ2n) is 6.93. The summed E-state index contributed by atoms with van der Waals surface area (Å²) in [6.07, 6.45) is 2.92. The quantitative estimate of drug-likeness (QED) is 0.426. The van der Waals surface area contributed by atoms with Crippen molar-refractivity contribution in [3.8, 4) is 0 Å². The Kier molecular flexibility index (Phi) is 5.86. The lowest BCUT2D eigenvalue weighted by atomic mass is 10.3. The van der Waals surface area contributed by atoms with Crippen molar-refractivity contribution in [2.45, 2.75) is 40.8 Å². The highest BCUT2D eigenvalue weighted by Gasteiger charge is 2.24. The van der Waals surface area contributed by atoms with E-state index in [2.05, 4.69) is 25.9 Å². The monoisotopic (exact) mass is 429 g/mol. The summed E-state index contributed by atoms with van der Waals surface area (Å²) in [6.45, 7) is 6.83. The lowest BCUT2D eigenvalue weighted by Gasteiger charge is -2.10. The molecule has 164 valence electrons. The molecule has 3 heterocycles. The lowest BCUT2D eigenvalue weighted by Crippen LogP contribution is -2.24.